The van der Waals surface area contributed by atoms with Crippen LogP contribution in [-0.4, -0.2) is 28.2 Å². The van der Waals surface area contributed by atoms with Crippen molar-refractivity contribution in [3.8, 4) is 17.5 Å². The lowest BCUT2D eigenvalue weighted by molar-refractivity contribution is -0.123. The van der Waals surface area contributed by atoms with Crippen molar-refractivity contribution >= 4 is 33.4 Å². The number of carbonyl (C=O) groups is 2. The molecule has 0 atom stereocenters. The number of fused-ring (bicyclic) bond motifs is 1. The minimum absolute atomic E-state index is 0.308. The summed E-state index contributed by atoms with van der Waals surface area (Å²) < 4.78 is 20.2. The number of ether oxygens (including phenoxy) is 1. The van der Waals surface area contributed by atoms with Gasteiger partial charge in [0.25, 0.3) is 11.8 Å². The van der Waals surface area contributed by atoms with E-state index in [2.05, 4.69) is 16.0 Å². The standard InChI is InChI=1S/C22H16FN5O3S/c1-13-18-10-19(32-22(18)28(27-13)16-6-4-15(23)5-7-16)21(30)26-25-20(29)12-31-17-8-2-14(11-24)3-9-17/h2-10H,12H2,1H3,(H,25,29)(H,26,30). The largest absolute Gasteiger partial charge is 0.484 e. The van der Waals surface area contributed by atoms with Crippen LogP contribution < -0.4 is 15.6 Å². The van der Waals surface area contributed by atoms with Crippen LogP contribution in [0, 0.1) is 24.1 Å². The number of amides is 2. The Morgan fingerprint density at radius 1 is 1.16 bits per heavy atom. The number of hydrogen-bond acceptors (Lipinski definition) is 6. The van der Waals surface area contributed by atoms with Crippen LogP contribution >= 0.6 is 11.3 Å². The second kappa shape index (κ2) is 8.87. The highest BCUT2D eigenvalue weighted by molar-refractivity contribution is 7.20. The molecular formula is C22H16FN5O3S. The van der Waals surface area contributed by atoms with E-state index in [0.29, 0.717) is 21.9 Å². The summed E-state index contributed by atoms with van der Waals surface area (Å²) in [5.41, 5.74) is 6.54. The zero-order chi connectivity index (χ0) is 22.7. The zero-order valence-corrected chi connectivity index (χ0v) is 17.6. The number of benzene rings is 2. The maximum atomic E-state index is 13.2. The smallest absolute Gasteiger partial charge is 0.279 e. The Kier molecular flexibility index (Phi) is 5.83. The van der Waals surface area contributed by atoms with E-state index in [9.17, 15) is 14.0 Å². The Bertz CT molecular complexity index is 1340. The molecule has 0 spiro atoms. The van der Waals surface area contributed by atoms with E-state index in [1.165, 1.54) is 23.5 Å². The summed E-state index contributed by atoms with van der Waals surface area (Å²) in [5, 5.41) is 14.0. The average Bonchev–Trinajstić information content (AvgIpc) is 3.37. The lowest BCUT2D eigenvalue weighted by Crippen LogP contribution is -2.43. The monoisotopic (exact) mass is 449 g/mol. The lowest BCUT2D eigenvalue weighted by Gasteiger charge is -2.08. The van der Waals surface area contributed by atoms with Gasteiger partial charge in [-0.1, -0.05) is 0 Å². The molecule has 160 valence electrons. The number of aromatic nitrogens is 2. The van der Waals surface area contributed by atoms with Crippen molar-refractivity contribution in [3.05, 3.63) is 76.5 Å². The van der Waals surface area contributed by atoms with Gasteiger partial charge in [0.05, 0.1) is 27.9 Å². The van der Waals surface area contributed by atoms with E-state index in [0.717, 1.165) is 15.9 Å². The van der Waals surface area contributed by atoms with Gasteiger partial charge in [0, 0.05) is 5.39 Å². The maximum Gasteiger partial charge on any atom is 0.279 e. The second-order valence-electron chi connectivity index (χ2n) is 6.73. The molecule has 2 aromatic carbocycles. The third kappa shape index (κ3) is 4.43. The normalized spacial score (nSPS) is 10.5. The first-order valence-electron chi connectivity index (χ1n) is 9.42. The van der Waals surface area contributed by atoms with Gasteiger partial charge in [0.1, 0.15) is 16.4 Å². The third-order valence-electron chi connectivity index (χ3n) is 4.51. The lowest BCUT2D eigenvalue weighted by atomic mass is 10.2. The van der Waals surface area contributed by atoms with Crippen LogP contribution in [0.15, 0.2) is 54.6 Å². The third-order valence-corrected chi connectivity index (χ3v) is 5.62. The fourth-order valence-electron chi connectivity index (χ4n) is 2.92. The summed E-state index contributed by atoms with van der Waals surface area (Å²) in [6.07, 6.45) is 0. The number of carbonyl (C=O) groups excluding carboxylic acids is 2. The number of aryl methyl sites for hydroxylation is 1. The summed E-state index contributed by atoms with van der Waals surface area (Å²) >= 11 is 1.20. The predicted molar refractivity (Wildman–Crippen MR) is 116 cm³/mol. The number of nitriles is 1. The van der Waals surface area contributed by atoms with Crippen molar-refractivity contribution in [2.75, 3.05) is 6.61 Å². The molecule has 0 unspecified atom stereocenters. The maximum absolute atomic E-state index is 13.2. The highest BCUT2D eigenvalue weighted by Crippen LogP contribution is 2.30. The van der Waals surface area contributed by atoms with Crippen molar-refractivity contribution in [3.63, 3.8) is 0 Å². The molecule has 2 amide bonds. The molecule has 0 aliphatic heterocycles. The fraction of sp³-hybridized carbons (Fsp3) is 0.0909. The Morgan fingerprint density at radius 2 is 1.88 bits per heavy atom. The van der Waals surface area contributed by atoms with Gasteiger partial charge in [-0.15, -0.1) is 11.3 Å². The first kappa shape index (κ1) is 21.0. The molecule has 10 heteroatoms. The van der Waals surface area contributed by atoms with Gasteiger partial charge in [0.2, 0.25) is 0 Å². The van der Waals surface area contributed by atoms with Crippen LogP contribution in [-0.2, 0) is 4.79 Å². The highest BCUT2D eigenvalue weighted by atomic mass is 32.1. The van der Waals surface area contributed by atoms with Crippen molar-refractivity contribution in [2.24, 2.45) is 0 Å². The molecule has 0 aliphatic carbocycles. The average molecular weight is 449 g/mol. The minimum atomic E-state index is -0.544. The molecule has 32 heavy (non-hydrogen) atoms. The Hall–Kier alpha value is -4.23. The van der Waals surface area contributed by atoms with Gasteiger partial charge in [-0.3, -0.25) is 20.4 Å². The van der Waals surface area contributed by atoms with Gasteiger partial charge in [-0.25, -0.2) is 9.07 Å². The van der Waals surface area contributed by atoms with E-state index < -0.39 is 11.8 Å². The summed E-state index contributed by atoms with van der Waals surface area (Å²) in [7, 11) is 0. The summed E-state index contributed by atoms with van der Waals surface area (Å²) in [6, 6.07) is 15.9. The molecule has 0 radical (unpaired) electrons. The van der Waals surface area contributed by atoms with E-state index in [1.807, 2.05) is 13.0 Å². The first-order valence-corrected chi connectivity index (χ1v) is 10.2. The number of halogens is 1. The predicted octanol–water partition coefficient (Wildman–Crippen LogP) is 3.25. The molecule has 2 N–H and O–H groups in total. The van der Waals surface area contributed by atoms with E-state index in [4.69, 9.17) is 10.00 Å². The molecule has 0 saturated heterocycles. The van der Waals surface area contributed by atoms with Crippen molar-refractivity contribution in [1.29, 1.82) is 5.26 Å². The van der Waals surface area contributed by atoms with Gasteiger partial charge in [-0.2, -0.15) is 10.4 Å². The van der Waals surface area contributed by atoms with Crippen LogP contribution in [0.2, 0.25) is 0 Å². The van der Waals surface area contributed by atoms with E-state index >= 15 is 0 Å². The minimum Gasteiger partial charge on any atom is -0.484 e. The summed E-state index contributed by atoms with van der Waals surface area (Å²) in [4.78, 5) is 25.6. The molecule has 2 heterocycles. The number of rotatable bonds is 5. The van der Waals surface area contributed by atoms with E-state index in [1.54, 1.807) is 47.1 Å². The van der Waals surface area contributed by atoms with Crippen molar-refractivity contribution < 1.29 is 18.7 Å². The Morgan fingerprint density at radius 3 is 2.56 bits per heavy atom. The molecule has 0 saturated carbocycles. The number of hydrazine groups is 1. The number of thiophene rings is 1. The molecule has 8 nitrogen and oxygen atoms in total. The summed E-state index contributed by atoms with van der Waals surface area (Å²) in [5.74, 6) is -0.949. The molecule has 4 rings (SSSR count). The molecular weight excluding hydrogens is 433 g/mol. The number of hydrogen-bond donors (Lipinski definition) is 2. The van der Waals surface area contributed by atoms with Crippen LogP contribution in [0.1, 0.15) is 20.9 Å². The first-order chi connectivity index (χ1) is 15.4. The molecule has 4 aromatic rings. The van der Waals surface area contributed by atoms with Crippen LogP contribution in [0.25, 0.3) is 15.9 Å². The van der Waals surface area contributed by atoms with Gasteiger partial charge in [-0.05, 0) is 61.5 Å². The van der Waals surface area contributed by atoms with Gasteiger partial charge in [0.15, 0.2) is 6.61 Å². The molecule has 0 bridgehead atoms. The SMILES string of the molecule is Cc1nn(-c2ccc(F)cc2)c2sc(C(=O)NNC(=O)COc3ccc(C#N)cc3)cc12. The number of nitrogens with zero attached hydrogens (tertiary/aromatic N) is 3. The highest BCUT2D eigenvalue weighted by Gasteiger charge is 2.17. The summed E-state index contributed by atoms with van der Waals surface area (Å²) in [6.45, 7) is 1.51. The van der Waals surface area contributed by atoms with Crippen molar-refractivity contribution in [2.45, 2.75) is 6.92 Å². The van der Waals surface area contributed by atoms with Crippen LogP contribution in [0.4, 0.5) is 4.39 Å². The van der Waals surface area contributed by atoms with Crippen molar-refractivity contribution in [1.82, 2.24) is 20.6 Å². The quantitative estimate of drug-likeness (QED) is 0.455. The van der Waals surface area contributed by atoms with E-state index in [-0.39, 0.29) is 12.4 Å². The van der Waals surface area contributed by atoms with Crippen LogP contribution in [0.3, 0.4) is 0 Å². The Balaban J connectivity index is 1.39. The van der Waals surface area contributed by atoms with Crippen LogP contribution in [0.5, 0.6) is 5.75 Å². The van der Waals surface area contributed by atoms with Gasteiger partial charge < -0.3 is 4.74 Å². The fourth-order valence-corrected chi connectivity index (χ4v) is 3.99. The second-order valence-corrected chi connectivity index (χ2v) is 7.76. The molecule has 2 aromatic heterocycles. The number of nitrogens with one attached hydrogen (secondary N) is 2. The molecule has 0 fully saturated rings. The Labute approximate surface area is 185 Å². The zero-order valence-electron chi connectivity index (χ0n) is 16.8. The van der Waals surface area contributed by atoms with Gasteiger partial charge >= 0.3 is 0 Å². The topological polar surface area (TPSA) is 109 Å². The molecule has 0 aliphatic rings.